The molecule has 5 rings (SSSR count). The minimum absolute atomic E-state index is 0.101. The van der Waals surface area contributed by atoms with E-state index >= 15 is 0 Å². The summed E-state index contributed by atoms with van der Waals surface area (Å²) < 4.78 is 49.5. The maximum absolute atomic E-state index is 13.5. The molecule has 218 valence electrons. The Morgan fingerprint density at radius 3 is 2.62 bits per heavy atom. The van der Waals surface area contributed by atoms with Crippen molar-refractivity contribution in [1.29, 1.82) is 0 Å². The van der Waals surface area contributed by atoms with Gasteiger partial charge in [0.1, 0.15) is 41.9 Å². The van der Waals surface area contributed by atoms with Gasteiger partial charge >= 0.3 is 0 Å². The van der Waals surface area contributed by atoms with Crippen LogP contribution in [0.3, 0.4) is 0 Å². The van der Waals surface area contributed by atoms with E-state index < -0.39 is 20.5 Å². The number of thiazole rings is 1. The van der Waals surface area contributed by atoms with Gasteiger partial charge in [0.25, 0.3) is 0 Å². The summed E-state index contributed by atoms with van der Waals surface area (Å²) in [5.74, 6) is 0.731. The van der Waals surface area contributed by atoms with Crippen LogP contribution >= 0.6 is 22.9 Å². The highest BCUT2D eigenvalue weighted by Gasteiger charge is 2.25. The minimum Gasteiger partial charge on any atom is -0.487 e. The number of nitrogens with zero attached hydrogens (tertiary/aromatic N) is 3. The van der Waals surface area contributed by atoms with E-state index in [1.54, 1.807) is 45.0 Å². The van der Waals surface area contributed by atoms with Crippen LogP contribution < -0.4 is 10.1 Å². The maximum Gasteiger partial charge on any atom is 0.179 e. The molecular formula is C30H28ClFN4O4S2. The number of hydrogen-bond acceptors (Lipinski definition) is 9. The van der Waals surface area contributed by atoms with Crippen molar-refractivity contribution in [3.63, 3.8) is 0 Å². The lowest BCUT2D eigenvalue weighted by atomic mass is 10.1. The number of rotatable bonds is 11. The van der Waals surface area contributed by atoms with E-state index in [0.29, 0.717) is 32.8 Å². The quantitative estimate of drug-likeness (QED) is 0.160. The second-order valence-electron chi connectivity index (χ2n) is 9.79. The molecule has 12 heteroatoms. The Bertz CT molecular complexity index is 1830. The molecule has 0 aliphatic rings. The summed E-state index contributed by atoms with van der Waals surface area (Å²) in [6.45, 7) is 5.10. The van der Waals surface area contributed by atoms with Crippen LogP contribution in [-0.4, -0.2) is 34.1 Å². The monoisotopic (exact) mass is 626 g/mol. The van der Waals surface area contributed by atoms with Gasteiger partial charge in [0.05, 0.1) is 21.5 Å². The number of aromatic nitrogens is 3. The number of hydrogen-bond donors (Lipinski definition) is 1. The third-order valence-electron chi connectivity index (χ3n) is 6.52. The zero-order chi connectivity index (χ0) is 29.9. The molecule has 0 saturated carbocycles. The van der Waals surface area contributed by atoms with Gasteiger partial charge in [-0.15, -0.1) is 11.3 Å². The lowest BCUT2D eigenvalue weighted by Gasteiger charge is -2.15. The van der Waals surface area contributed by atoms with E-state index in [9.17, 15) is 12.8 Å². The molecule has 0 saturated heterocycles. The lowest BCUT2D eigenvalue weighted by molar-refractivity contribution is 0.103. The smallest absolute Gasteiger partial charge is 0.179 e. The number of ether oxygens (including phenoxy) is 2. The van der Waals surface area contributed by atoms with Gasteiger partial charge < -0.3 is 14.8 Å². The lowest BCUT2D eigenvalue weighted by Crippen LogP contribution is -2.28. The number of sulfone groups is 1. The van der Waals surface area contributed by atoms with Crippen LogP contribution in [0.1, 0.15) is 31.3 Å². The van der Waals surface area contributed by atoms with E-state index in [4.69, 9.17) is 21.1 Å². The van der Waals surface area contributed by atoms with Crippen LogP contribution in [0.5, 0.6) is 5.75 Å². The molecule has 42 heavy (non-hydrogen) atoms. The highest BCUT2D eigenvalue weighted by molar-refractivity contribution is 7.92. The van der Waals surface area contributed by atoms with Crippen molar-refractivity contribution in [2.45, 2.75) is 44.7 Å². The predicted molar refractivity (Wildman–Crippen MR) is 164 cm³/mol. The number of fused-ring (bicyclic) bond motifs is 1. The first-order valence-electron chi connectivity index (χ1n) is 13.1. The highest BCUT2D eigenvalue weighted by atomic mass is 35.5. The van der Waals surface area contributed by atoms with E-state index in [0.717, 1.165) is 22.2 Å². The molecule has 2 heterocycles. The zero-order valence-electron chi connectivity index (χ0n) is 23.0. The average molecular weight is 627 g/mol. The molecule has 2 aromatic heterocycles. The molecule has 5 aromatic rings. The molecule has 1 N–H and O–H groups in total. The van der Waals surface area contributed by atoms with E-state index in [1.807, 2.05) is 29.6 Å². The first-order chi connectivity index (χ1) is 20.1. The second-order valence-corrected chi connectivity index (χ2v) is 13.9. The van der Waals surface area contributed by atoms with Gasteiger partial charge in [-0.1, -0.05) is 29.8 Å². The molecule has 3 aromatic carbocycles. The Morgan fingerprint density at radius 1 is 1.02 bits per heavy atom. The molecule has 0 fully saturated rings. The van der Waals surface area contributed by atoms with E-state index in [1.165, 1.54) is 29.8 Å². The first kappa shape index (κ1) is 29.8. The van der Waals surface area contributed by atoms with Crippen molar-refractivity contribution in [3.8, 4) is 17.0 Å². The molecule has 1 atom stereocenters. The van der Waals surface area contributed by atoms with Gasteiger partial charge in [0, 0.05) is 22.0 Å². The van der Waals surface area contributed by atoms with Gasteiger partial charge in [-0.05, 0) is 68.8 Å². The molecule has 1 unspecified atom stereocenters. The molecule has 0 spiro atoms. The normalized spacial score (nSPS) is 12.5. The summed E-state index contributed by atoms with van der Waals surface area (Å²) >= 11 is 7.88. The zero-order valence-corrected chi connectivity index (χ0v) is 25.4. The van der Waals surface area contributed by atoms with Crippen LogP contribution in [0.25, 0.3) is 22.2 Å². The first-order valence-corrected chi connectivity index (χ1v) is 15.9. The van der Waals surface area contributed by atoms with Gasteiger partial charge in [0.15, 0.2) is 15.3 Å². The molecule has 0 bridgehead atoms. The highest BCUT2D eigenvalue weighted by Crippen LogP contribution is 2.33. The Balaban J connectivity index is 1.31. The van der Waals surface area contributed by atoms with Gasteiger partial charge in [0.2, 0.25) is 0 Å². The number of benzene rings is 3. The van der Waals surface area contributed by atoms with Gasteiger partial charge in [-0.25, -0.2) is 27.8 Å². The Labute approximate surface area is 252 Å². The largest absolute Gasteiger partial charge is 0.487 e. The fourth-order valence-electron chi connectivity index (χ4n) is 4.11. The number of halogens is 2. The SMILES string of the molecule is CC(C)S(=O)(=O)C(C)OCc1nc(-c2ccc3ncnc(Nc4ccc(OCc5cccc(F)c5)c(Cl)c4)c3c2)cs1. The Kier molecular flexibility index (Phi) is 9.02. The Morgan fingerprint density at radius 2 is 1.86 bits per heavy atom. The predicted octanol–water partition coefficient (Wildman–Crippen LogP) is 7.55. The van der Waals surface area contributed by atoms with Crippen molar-refractivity contribution in [2.75, 3.05) is 5.32 Å². The molecule has 0 aliphatic heterocycles. The number of anilines is 2. The molecule has 8 nitrogen and oxygen atoms in total. The van der Waals surface area contributed by atoms with Crippen LogP contribution in [0, 0.1) is 5.82 Å². The molecule has 0 amide bonds. The summed E-state index contributed by atoms with van der Waals surface area (Å²) in [5, 5.41) is 6.53. The van der Waals surface area contributed by atoms with Crippen molar-refractivity contribution in [1.82, 2.24) is 15.0 Å². The van der Waals surface area contributed by atoms with Gasteiger partial charge in [-0.3, -0.25) is 0 Å². The minimum atomic E-state index is -3.36. The molecular weight excluding hydrogens is 599 g/mol. The van der Waals surface area contributed by atoms with E-state index in [-0.39, 0.29) is 19.0 Å². The van der Waals surface area contributed by atoms with Crippen LogP contribution in [0.4, 0.5) is 15.9 Å². The van der Waals surface area contributed by atoms with Gasteiger partial charge in [-0.2, -0.15) is 0 Å². The summed E-state index contributed by atoms with van der Waals surface area (Å²) in [7, 11) is -3.36. The Hall–Kier alpha value is -3.64. The molecule has 0 radical (unpaired) electrons. The van der Waals surface area contributed by atoms with Crippen LogP contribution in [0.2, 0.25) is 5.02 Å². The topological polar surface area (TPSA) is 103 Å². The second kappa shape index (κ2) is 12.7. The summed E-state index contributed by atoms with van der Waals surface area (Å²) in [4.78, 5) is 13.5. The van der Waals surface area contributed by atoms with Crippen LogP contribution in [-0.2, 0) is 27.8 Å². The van der Waals surface area contributed by atoms with Crippen molar-refractivity contribution < 1.29 is 22.3 Å². The number of nitrogens with one attached hydrogen (secondary N) is 1. The van der Waals surface area contributed by atoms with Crippen molar-refractivity contribution in [2.24, 2.45) is 0 Å². The third-order valence-corrected chi connectivity index (χ3v) is 10.0. The van der Waals surface area contributed by atoms with Crippen molar-refractivity contribution in [3.05, 3.63) is 93.8 Å². The summed E-state index contributed by atoms with van der Waals surface area (Å²) in [6, 6.07) is 17.3. The molecule has 0 aliphatic carbocycles. The fourth-order valence-corrected chi connectivity index (χ4v) is 6.10. The average Bonchev–Trinajstić information content (AvgIpc) is 3.44. The van der Waals surface area contributed by atoms with Crippen molar-refractivity contribution >= 4 is 55.2 Å². The van der Waals surface area contributed by atoms with E-state index in [2.05, 4.69) is 20.3 Å². The standard InChI is InChI=1S/C30H28ClFN4O4S2/c1-18(2)42(37,38)19(3)39-15-29-36-27(16-41-29)21-7-9-26-24(12-21)30(34-17-33-26)35-23-8-10-28(25(31)13-23)40-14-20-5-4-6-22(32)11-20/h4-13,16-19H,14-15H2,1-3H3,(H,33,34,35). The van der Waals surface area contributed by atoms with Crippen LogP contribution in [0.15, 0.2) is 72.4 Å². The third kappa shape index (κ3) is 6.87. The summed E-state index contributed by atoms with van der Waals surface area (Å²) in [5.41, 5.74) is 2.80. The summed E-state index contributed by atoms with van der Waals surface area (Å²) in [6.07, 6.45) is 1.48. The maximum atomic E-state index is 13.5. The fraction of sp³-hybridized carbons (Fsp3) is 0.233.